The number of carbonyl (C=O) groups is 2. The van der Waals surface area contributed by atoms with Gasteiger partial charge in [0.25, 0.3) is 5.91 Å². The lowest BCUT2D eigenvalue weighted by Crippen LogP contribution is -2.11. The highest BCUT2D eigenvalue weighted by Gasteiger charge is 2.13. The molecule has 0 saturated carbocycles. The van der Waals surface area contributed by atoms with Gasteiger partial charge in [-0.25, -0.2) is 4.79 Å². The van der Waals surface area contributed by atoms with Gasteiger partial charge >= 0.3 is 5.97 Å². The largest absolute Gasteiger partial charge is 0.462 e. The molecule has 5 nitrogen and oxygen atoms in total. The Labute approximate surface area is 143 Å². The minimum Gasteiger partial charge on any atom is -0.462 e. The number of fused-ring (bicyclic) bond motifs is 1. The van der Waals surface area contributed by atoms with Crippen LogP contribution in [0.3, 0.4) is 0 Å². The second-order valence-electron chi connectivity index (χ2n) is 5.20. The minimum atomic E-state index is -0.393. The Morgan fingerprint density at radius 1 is 1.25 bits per heavy atom. The molecule has 0 spiro atoms. The summed E-state index contributed by atoms with van der Waals surface area (Å²) in [6.45, 7) is 3.93. The van der Waals surface area contributed by atoms with Gasteiger partial charge in [0.15, 0.2) is 0 Å². The van der Waals surface area contributed by atoms with Crippen molar-refractivity contribution in [2.24, 2.45) is 0 Å². The smallest absolute Gasteiger partial charge is 0.338 e. The van der Waals surface area contributed by atoms with Crippen LogP contribution in [0.15, 0.2) is 41.8 Å². The van der Waals surface area contributed by atoms with Crippen LogP contribution in [-0.4, -0.2) is 23.5 Å². The number of anilines is 1. The van der Waals surface area contributed by atoms with Gasteiger partial charge in [-0.2, -0.15) is 0 Å². The first-order valence-corrected chi connectivity index (χ1v) is 8.40. The molecule has 0 saturated heterocycles. The van der Waals surface area contributed by atoms with E-state index in [2.05, 4.69) is 10.3 Å². The van der Waals surface area contributed by atoms with Gasteiger partial charge in [0.1, 0.15) is 0 Å². The predicted octanol–water partition coefficient (Wildman–Crippen LogP) is 4.03. The van der Waals surface area contributed by atoms with E-state index in [-0.39, 0.29) is 5.91 Å². The molecule has 2 aromatic heterocycles. The van der Waals surface area contributed by atoms with E-state index in [1.807, 2.05) is 18.4 Å². The van der Waals surface area contributed by atoms with E-state index in [1.54, 1.807) is 37.3 Å². The molecule has 6 heteroatoms. The van der Waals surface area contributed by atoms with Crippen molar-refractivity contribution in [3.8, 4) is 0 Å². The van der Waals surface area contributed by atoms with Crippen molar-refractivity contribution >= 4 is 39.8 Å². The van der Waals surface area contributed by atoms with Crippen LogP contribution in [0.2, 0.25) is 0 Å². The van der Waals surface area contributed by atoms with Gasteiger partial charge in [-0.15, -0.1) is 11.3 Å². The summed E-state index contributed by atoms with van der Waals surface area (Å²) in [7, 11) is 0. The highest BCUT2D eigenvalue weighted by atomic mass is 32.1. The molecule has 1 amide bonds. The van der Waals surface area contributed by atoms with Crippen molar-refractivity contribution in [2.75, 3.05) is 11.9 Å². The molecule has 0 aliphatic carbocycles. The van der Waals surface area contributed by atoms with Gasteiger partial charge in [0.2, 0.25) is 0 Å². The number of thiophene rings is 1. The molecule has 1 aromatic carbocycles. The number of benzene rings is 1. The van der Waals surface area contributed by atoms with Crippen molar-refractivity contribution in [2.45, 2.75) is 13.8 Å². The van der Waals surface area contributed by atoms with Crippen LogP contribution >= 0.6 is 11.3 Å². The Morgan fingerprint density at radius 3 is 2.79 bits per heavy atom. The molecule has 122 valence electrons. The van der Waals surface area contributed by atoms with Gasteiger partial charge in [-0.05, 0) is 49.6 Å². The number of nitrogens with one attached hydrogen (secondary N) is 1. The summed E-state index contributed by atoms with van der Waals surface area (Å²) in [6, 6.07) is 10.5. The fourth-order valence-corrected chi connectivity index (χ4v) is 3.01. The number of aromatic nitrogens is 1. The Hall–Kier alpha value is -2.73. The Kier molecular flexibility index (Phi) is 4.57. The summed E-state index contributed by atoms with van der Waals surface area (Å²) in [4.78, 5) is 29.4. The number of carbonyl (C=O) groups excluding carboxylic acids is 2. The average Bonchev–Trinajstić information content (AvgIpc) is 3.09. The van der Waals surface area contributed by atoms with Crippen LogP contribution in [0.5, 0.6) is 0 Å². The third kappa shape index (κ3) is 3.28. The van der Waals surface area contributed by atoms with Gasteiger partial charge in [-0.1, -0.05) is 6.07 Å². The number of rotatable bonds is 4. The number of hydrogen-bond donors (Lipinski definition) is 1. The first-order valence-electron chi connectivity index (χ1n) is 7.52. The molecule has 0 radical (unpaired) electrons. The number of aryl methyl sites for hydroxylation is 1. The molecule has 3 aromatic rings. The van der Waals surface area contributed by atoms with Crippen molar-refractivity contribution in [1.82, 2.24) is 4.98 Å². The Balaban J connectivity index is 2.03. The summed E-state index contributed by atoms with van der Waals surface area (Å²) in [6.07, 6.45) is 0. The molecule has 0 atom stereocenters. The maximum absolute atomic E-state index is 12.3. The van der Waals surface area contributed by atoms with Crippen molar-refractivity contribution in [3.05, 3.63) is 57.9 Å². The maximum atomic E-state index is 12.3. The van der Waals surface area contributed by atoms with Crippen molar-refractivity contribution in [3.63, 3.8) is 0 Å². The number of ether oxygens (including phenoxy) is 1. The number of amides is 1. The number of nitrogens with zero attached hydrogens (tertiary/aromatic N) is 1. The highest BCUT2D eigenvalue weighted by molar-refractivity contribution is 7.12. The first kappa shape index (κ1) is 16.1. The lowest BCUT2D eigenvalue weighted by atomic mass is 10.1. The van der Waals surface area contributed by atoms with E-state index in [9.17, 15) is 9.59 Å². The van der Waals surface area contributed by atoms with E-state index in [4.69, 9.17) is 4.74 Å². The third-order valence-electron chi connectivity index (χ3n) is 3.44. The zero-order valence-corrected chi connectivity index (χ0v) is 14.1. The fourth-order valence-electron chi connectivity index (χ4n) is 2.39. The zero-order chi connectivity index (χ0) is 17.1. The molecule has 0 bridgehead atoms. The molecule has 0 aliphatic heterocycles. The van der Waals surface area contributed by atoms with E-state index >= 15 is 0 Å². The molecule has 0 fully saturated rings. The van der Waals surface area contributed by atoms with Crippen LogP contribution in [0.4, 0.5) is 5.69 Å². The van der Waals surface area contributed by atoms with Crippen molar-refractivity contribution < 1.29 is 14.3 Å². The standard InChI is InChI=1S/C18H16N2O3S/c1-3-23-18(22)12-6-7-14-13(10-12)15(9-11(2)19-14)20-17(21)16-5-4-8-24-16/h4-10H,3H2,1-2H3,(H,19,20,21). The quantitative estimate of drug-likeness (QED) is 0.728. The Morgan fingerprint density at radius 2 is 2.08 bits per heavy atom. The van der Waals surface area contributed by atoms with Crippen LogP contribution in [0.1, 0.15) is 32.6 Å². The maximum Gasteiger partial charge on any atom is 0.338 e. The first-order chi connectivity index (χ1) is 11.6. The lowest BCUT2D eigenvalue weighted by Gasteiger charge is -2.10. The van der Waals surface area contributed by atoms with Gasteiger partial charge in [-0.3, -0.25) is 9.78 Å². The third-order valence-corrected chi connectivity index (χ3v) is 4.31. The molecule has 3 rings (SSSR count). The second kappa shape index (κ2) is 6.80. The van der Waals surface area contributed by atoms with Crippen LogP contribution < -0.4 is 5.32 Å². The molecule has 1 N–H and O–H groups in total. The number of hydrogen-bond acceptors (Lipinski definition) is 5. The monoisotopic (exact) mass is 340 g/mol. The summed E-state index contributed by atoms with van der Waals surface area (Å²) < 4.78 is 5.04. The summed E-state index contributed by atoms with van der Waals surface area (Å²) in [5.41, 5.74) is 2.56. The minimum absolute atomic E-state index is 0.182. The van der Waals surface area contributed by atoms with Gasteiger partial charge < -0.3 is 10.1 Å². The van der Waals surface area contributed by atoms with Crippen molar-refractivity contribution in [1.29, 1.82) is 0 Å². The summed E-state index contributed by atoms with van der Waals surface area (Å²) in [5, 5.41) is 5.46. The molecule has 2 heterocycles. The van der Waals surface area contributed by atoms with Crippen LogP contribution in [0, 0.1) is 6.92 Å². The molecule has 0 aliphatic rings. The topological polar surface area (TPSA) is 68.3 Å². The summed E-state index contributed by atoms with van der Waals surface area (Å²) in [5.74, 6) is -0.575. The van der Waals surface area contributed by atoms with Gasteiger partial charge in [0, 0.05) is 11.1 Å². The summed E-state index contributed by atoms with van der Waals surface area (Å²) >= 11 is 1.37. The fraction of sp³-hybridized carbons (Fsp3) is 0.167. The van der Waals surface area contributed by atoms with E-state index in [0.29, 0.717) is 33.6 Å². The Bertz CT molecular complexity index is 904. The molecule has 0 unspecified atom stereocenters. The van der Waals surface area contributed by atoms with Gasteiger partial charge in [0.05, 0.1) is 28.3 Å². The number of esters is 1. The predicted molar refractivity (Wildman–Crippen MR) is 94.7 cm³/mol. The molecule has 24 heavy (non-hydrogen) atoms. The van der Waals surface area contributed by atoms with E-state index < -0.39 is 5.97 Å². The van der Waals surface area contributed by atoms with E-state index in [1.165, 1.54) is 11.3 Å². The second-order valence-corrected chi connectivity index (χ2v) is 6.14. The average molecular weight is 340 g/mol. The van der Waals surface area contributed by atoms with Crippen LogP contribution in [0.25, 0.3) is 10.9 Å². The molecular formula is C18H16N2O3S. The lowest BCUT2D eigenvalue weighted by molar-refractivity contribution is 0.0526. The number of pyridine rings is 1. The molecular weight excluding hydrogens is 324 g/mol. The zero-order valence-electron chi connectivity index (χ0n) is 13.3. The normalized spacial score (nSPS) is 10.6. The SMILES string of the molecule is CCOC(=O)c1ccc2nc(C)cc(NC(=O)c3cccs3)c2c1. The highest BCUT2D eigenvalue weighted by Crippen LogP contribution is 2.26. The van der Waals surface area contributed by atoms with E-state index in [0.717, 1.165) is 5.69 Å². The van der Waals surface area contributed by atoms with Crippen LogP contribution in [-0.2, 0) is 4.74 Å².